The van der Waals surface area contributed by atoms with Crippen molar-refractivity contribution in [2.75, 3.05) is 17.1 Å². The number of aliphatic carboxylic acids is 1. The lowest BCUT2D eigenvalue weighted by molar-refractivity contribution is -0.160. The van der Waals surface area contributed by atoms with Gasteiger partial charge in [-0.15, -0.1) is 0 Å². The first kappa shape index (κ1) is 26.0. The van der Waals surface area contributed by atoms with Crippen LogP contribution in [-0.2, 0) is 26.0 Å². The number of sulfonamides is 1. The number of rotatable bonds is 8. The Kier molecular flexibility index (Phi) is 7.62. The molecule has 0 saturated heterocycles. The van der Waals surface area contributed by atoms with Gasteiger partial charge < -0.3 is 14.6 Å². The smallest absolute Gasteiger partial charge is 0.337 e. The Labute approximate surface area is 202 Å². The summed E-state index contributed by atoms with van der Waals surface area (Å²) in [5.41, 5.74) is 4.04. The normalized spacial score (nSPS) is 14.8. The topological polar surface area (TPSA) is 102 Å². The second kappa shape index (κ2) is 9.96. The van der Waals surface area contributed by atoms with Gasteiger partial charge in [0, 0.05) is 5.56 Å². The van der Waals surface area contributed by atoms with Crippen LogP contribution in [-0.4, -0.2) is 37.5 Å². The van der Waals surface area contributed by atoms with E-state index in [-0.39, 0.29) is 5.75 Å². The number of anilines is 1. The summed E-state index contributed by atoms with van der Waals surface area (Å²) in [6.45, 7) is 11.5. The minimum atomic E-state index is -3.57. The standard InChI is InChI=1S/C26H35NO6S/c1-7-13-34(30,31)27-20-14-16(2)22(19-10-11-21-18(15-19)9-8-12-32-21)23(17(20)3)24(25(28)29)33-26(4,5)6/h10-11,14-15,24,27H,7-9,12-13H2,1-6H3,(H,28,29). The molecule has 1 aliphatic heterocycles. The minimum absolute atomic E-state index is 0.0196. The summed E-state index contributed by atoms with van der Waals surface area (Å²) < 4.78 is 39.5. The van der Waals surface area contributed by atoms with Crippen LogP contribution >= 0.6 is 0 Å². The van der Waals surface area contributed by atoms with Crippen molar-refractivity contribution in [3.05, 3.63) is 46.5 Å². The van der Waals surface area contributed by atoms with Gasteiger partial charge in [0.05, 0.1) is 23.6 Å². The summed E-state index contributed by atoms with van der Waals surface area (Å²) in [5, 5.41) is 10.2. The van der Waals surface area contributed by atoms with Crippen LogP contribution in [0.1, 0.15) is 68.9 Å². The van der Waals surface area contributed by atoms with Gasteiger partial charge in [-0.05, 0) is 99.9 Å². The Morgan fingerprint density at radius 1 is 1.24 bits per heavy atom. The van der Waals surface area contributed by atoms with Gasteiger partial charge >= 0.3 is 5.97 Å². The van der Waals surface area contributed by atoms with E-state index in [0.717, 1.165) is 40.8 Å². The molecule has 0 aromatic heterocycles. The Morgan fingerprint density at radius 3 is 2.56 bits per heavy atom. The zero-order chi connectivity index (χ0) is 25.3. The predicted molar refractivity (Wildman–Crippen MR) is 134 cm³/mol. The molecular weight excluding hydrogens is 454 g/mol. The summed E-state index contributed by atoms with van der Waals surface area (Å²) in [6, 6.07) is 7.65. The van der Waals surface area contributed by atoms with Gasteiger partial charge in [-0.25, -0.2) is 13.2 Å². The molecule has 7 nitrogen and oxygen atoms in total. The van der Waals surface area contributed by atoms with E-state index in [1.165, 1.54) is 0 Å². The van der Waals surface area contributed by atoms with Crippen LogP contribution in [0.15, 0.2) is 24.3 Å². The molecule has 34 heavy (non-hydrogen) atoms. The Bertz CT molecular complexity index is 1180. The van der Waals surface area contributed by atoms with Gasteiger partial charge in [-0.1, -0.05) is 13.0 Å². The third-order valence-electron chi connectivity index (χ3n) is 5.73. The molecule has 2 aromatic carbocycles. The second-order valence-electron chi connectivity index (χ2n) is 9.80. The minimum Gasteiger partial charge on any atom is -0.493 e. The van der Waals surface area contributed by atoms with Crippen molar-refractivity contribution in [2.45, 2.75) is 72.5 Å². The molecule has 0 saturated carbocycles. The summed E-state index contributed by atoms with van der Waals surface area (Å²) >= 11 is 0. The number of ether oxygens (including phenoxy) is 2. The zero-order valence-electron chi connectivity index (χ0n) is 20.8. The van der Waals surface area contributed by atoms with Gasteiger partial charge in [0.2, 0.25) is 10.0 Å². The van der Waals surface area contributed by atoms with Crippen LogP contribution < -0.4 is 9.46 Å². The maximum absolute atomic E-state index is 12.6. The first-order chi connectivity index (χ1) is 15.8. The highest BCUT2D eigenvalue weighted by atomic mass is 32.2. The molecule has 2 aromatic rings. The third kappa shape index (κ3) is 5.91. The van der Waals surface area contributed by atoms with E-state index in [2.05, 4.69) is 4.72 Å². The van der Waals surface area contributed by atoms with Gasteiger partial charge in [0.15, 0.2) is 6.10 Å². The maximum atomic E-state index is 12.6. The van der Waals surface area contributed by atoms with Gasteiger partial charge in [0.1, 0.15) is 5.75 Å². The monoisotopic (exact) mass is 489 g/mol. The fraction of sp³-hybridized carbons (Fsp3) is 0.500. The average Bonchev–Trinajstić information content (AvgIpc) is 2.73. The largest absolute Gasteiger partial charge is 0.493 e. The highest BCUT2D eigenvalue weighted by Gasteiger charge is 2.33. The van der Waals surface area contributed by atoms with Crippen molar-refractivity contribution in [1.29, 1.82) is 0 Å². The zero-order valence-corrected chi connectivity index (χ0v) is 21.6. The Hall–Kier alpha value is -2.58. The van der Waals surface area contributed by atoms with Gasteiger partial charge in [0.25, 0.3) is 0 Å². The molecule has 0 aliphatic carbocycles. The highest BCUT2D eigenvalue weighted by Crippen LogP contribution is 2.42. The lowest BCUT2D eigenvalue weighted by atomic mass is 9.86. The summed E-state index contributed by atoms with van der Waals surface area (Å²) in [6.07, 6.45) is 0.994. The summed E-state index contributed by atoms with van der Waals surface area (Å²) in [7, 11) is -3.57. The molecule has 1 unspecified atom stereocenters. The van der Waals surface area contributed by atoms with Crippen molar-refractivity contribution in [2.24, 2.45) is 0 Å². The fourth-order valence-electron chi connectivity index (χ4n) is 4.35. The van der Waals surface area contributed by atoms with Crippen molar-refractivity contribution >= 4 is 21.7 Å². The first-order valence-electron chi connectivity index (χ1n) is 11.6. The van der Waals surface area contributed by atoms with Crippen molar-refractivity contribution in [1.82, 2.24) is 0 Å². The molecule has 1 atom stereocenters. The molecule has 0 fully saturated rings. The van der Waals surface area contributed by atoms with Crippen molar-refractivity contribution < 1.29 is 27.8 Å². The number of carboxylic acids is 1. The molecule has 1 aliphatic rings. The van der Waals surface area contributed by atoms with E-state index < -0.39 is 27.7 Å². The Balaban J connectivity index is 2.28. The van der Waals surface area contributed by atoms with E-state index in [9.17, 15) is 18.3 Å². The second-order valence-corrected chi connectivity index (χ2v) is 11.6. The van der Waals surface area contributed by atoms with Crippen LogP contribution in [0.2, 0.25) is 0 Å². The lowest BCUT2D eigenvalue weighted by Crippen LogP contribution is -2.29. The van der Waals surface area contributed by atoms with Gasteiger partial charge in [-0.3, -0.25) is 4.72 Å². The quantitative estimate of drug-likeness (QED) is 0.516. The van der Waals surface area contributed by atoms with E-state index in [0.29, 0.717) is 29.8 Å². The number of hydrogen-bond donors (Lipinski definition) is 2. The molecule has 186 valence electrons. The Morgan fingerprint density at radius 2 is 1.94 bits per heavy atom. The number of fused-ring (bicyclic) bond motifs is 1. The molecule has 1 heterocycles. The van der Waals surface area contributed by atoms with Crippen LogP contribution in [0, 0.1) is 13.8 Å². The van der Waals surface area contributed by atoms with Crippen LogP contribution in [0.25, 0.3) is 11.1 Å². The molecule has 2 N–H and O–H groups in total. The molecular formula is C26H35NO6S. The number of carbonyl (C=O) groups is 1. The van der Waals surface area contributed by atoms with Crippen LogP contribution in [0.4, 0.5) is 5.69 Å². The van der Waals surface area contributed by atoms with Crippen LogP contribution in [0.3, 0.4) is 0 Å². The van der Waals surface area contributed by atoms with E-state index in [4.69, 9.17) is 9.47 Å². The maximum Gasteiger partial charge on any atom is 0.337 e. The number of hydrogen-bond acceptors (Lipinski definition) is 5. The SMILES string of the molecule is CCCS(=O)(=O)Nc1cc(C)c(-c2ccc3c(c2)CCCO3)c(C(OC(C)(C)C)C(=O)O)c1C. The van der Waals surface area contributed by atoms with Crippen LogP contribution in [0.5, 0.6) is 5.75 Å². The molecule has 0 radical (unpaired) electrons. The molecule has 0 bridgehead atoms. The molecule has 0 amide bonds. The van der Waals surface area contributed by atoms with Gasteiger partial charge in [-0.2, -0.15) is 0 Å². The highest BCUT2D eigenvalue weighted by molar-refractivity contribution is 7.92. The van der Waals surface area contributed by atoms with Crippen molar-refractivity contribution in [3.63, 3.8) is 0 Å². The summed E-state index contributed by atoms with van der Waals surface area (Å²) in [5.74, 6) is -0.307. The summed E-state index contributed by atoms with van der Waals surface area (Å²) in [4.78, 5) is 12.5. The molecule has 8 heteroatoms. The lowest BCUT2D eigenvalue weighted by Gasteiger charge is -2.30. The van der Waals surface area contributed by atoms with Crippen molar-refractivity contribution in [3.8, 4) is 16.9 Å². The third-order valence-corrected chi connectivity index (χ3v) is 7.20. The molecule has 0 spiro atoms. The average molecular weight is 490 g/mol. The molecule has 3 rings (SSSR count). The fourth-order valence-corrected chi connectivity index (χ4v) is 5.53. The predicted octanol–water partition coefficient (Wildman–Crippen LogP) is 5.39. The van der Waals surface area contributed by atoms with E-state index in [1.54, 1.807) is 40.7 Å². The van der Waals surface area contributed by atoms with E-state index >= 15 is 0 Å². The number of carboxylic acid groups (broad SMARTS) is 1. The number of aryl methyl sites for hydroxylation is 2. The number of benzene rings is 2. The number of nitrogens with one attached hydrogen (secondary N) is 1. The first-order valence-corrected chi connectivity index (χ1v) is 13.3. The van der Waals surface area contributed by atoms with E-state index in [1.807, 2.05) is 25.1 Å².